The number of fused-ring (bicyclic) bond motifs is 1. The lowest BCUT2D eigenvalue weighted by atomic mass is 10.2. The lowest BCUT2D eigenvalue weighted by Crippen LogP contribution is -2.17. The second-order valence-corrected chi connectivity index (χ2v) is 7.77. The van der Waals surface area contributed by atoms with Crippen LogP contribution >= 0.6 is 0 Å². The minimum Gasteiger partial charge on any atom is -0.454 e. The van der Waals surface area contributed by atoms with Crippen LogP contribution in [0, 0.1) is 5.82 Å². The van der Waals surface area contributed by atoms with Gasteiger partial charge in [0.1, 0.15) is 5.82 Å². The predicted molar refractivity (Wildman–Crippen MR) is 133 cm³/mol. The van der Waals surface area contributed by atoms with E-state index in [0.717, 1.165) is 16.9 Å². The van der Waals surface area contributed by atoms with E-state index in [0.29, 0.717) is 76.2 Å². The van der Waals surface area contributed by atoms with Gasteiger partial charge in [0.05, 0.1) is 26.4 Å². The monoisotopic (exact) mass is 499 g/mol. The Hall–Kier alpha value is -3.74. The molecule has 0 atom stereocenters. The van der Waals surface area contributed by atoms with Crippen molar-refractivity contribution in [1.82, 2.24) is 15.0 Å². The third-order valence-electron chi connectivity index (χ3n) is 5.05. The predicted octanol–water partition coefficient (Wildman–Crippen LogP) is 2.37. The maximum absolute atomic E-state index is 13.2. The van der Waals surface area contributed by atoms with Crippen molar-refractivity contribution in [2.24, 2.45) is 5.73 Å². The Morgan fingerprint density at radius 2 is 1.36 bits per heavy atom. The Kier molecular flexibility index (Phi) is 9.42. The summed E-state index contributed by atoms with van der Waals surface area (Å²) in [4.78, 5) is 13.4. The molecule has 0 amide bonds. The number of ether oxygens (including phenoxy) is 4. The molecule has 0 saturated carbocycles. The van der Waals surface area contributed by atoms with E-state index in [4.69, 9.17) is 24.7 Å². The fraction of sp³-hybridized carbons (Fsp3) is 0.375. The molecule has 12 heteroatoms. The van der Waals surface area contributed by atoms with Crippen LogP contribution in [0.1, 0.15) is 11.1 Å². The van der Waals surface area contributed by atoms with Crippen LogP contribution in [0.3, 0.4) is 0 Å². The molecule has 0 spiro atoms. The number of nitrogens with one attached hydrogen (secondary N) is 3. The van der Waals surface area contributed by atoms with Crippen molar-refractivity contribution in [1.29, 1.82) is 0 Å². The Morgan fingerprint density at radius 1 is 0.750 bits per heavy atom. The van der Waals surface area contributed by atoms with Gasteiger partial charge in [0.15, 0.2) is 11.5 Å². The molecular weight excluding hydrogens is 469 g/mol. The largest absolute Gasteiger partial charge is 0.454 e. The van der Waals surface area contributed by atoms with Crippen molar-refractivity contribution in [3.05, 3.63) is 59.4 Å². The van der Waals surface area contributed by atoms with E-state index < -0.39 is 0 Å². The zero-order valence-corrected chi connectivity index (χ0v) is 19.8. The van der Waals surface area contributed by atoms with Gasteiger partial charge in [0, 0.05) is 26.2 Å². The quantitative estimate of drug-likeness (QED) is 0.229. The fourth-order valence-corrected chi connectivity index (χ4v) is 3.27. The van der Waals surface area contributed by atoms with Crippen LogP contribution < -0.4 is 31.2 Å². The van der Waals surface area contributed by atoms with Gasteiger partial charge >= 0.3 is 0 Å². The van der Waals surface area contributed by atoms with Gasteiger partial charge in [-0.2, -0.15) is 15.0 Å². The normalized spacial score (nSPS) is 11.9. The number of nitrogens with zero attached hydrogens (tertiary/aromatic N) is 3. The van der Waals surface area contributed by atoms with Crippen molar-refractivity contribution in [3.63, 3.8) is 0 Å². The van der Waals surface area contributed by atoms with Gasteiger partial charge in [-0.25, -0.2) is 4.39 Å². The zero-order chi connectivity index (χ0) is 25.0. The SMILES string of the molecule is NCCOCCOCCNc1nc(NCc2ccc(F)cc2)nc(NCc2ccc3c(c2)OCO3)n1. The van der Waals surface area contributed by atoms with E-state index in [2.05, 4.69) is 30.9 Å². The molecule has 36 heavy (non-hydrogen) atoms. The minimum atomic E-state index is -0.284. The van der Waals surface area contributed by atoms with E-state index >= 15 is 0 Å². The van der Waals surface area contributed by atoms with E-state index in [1.807, 2.05) is 18.2 Å². The van der Waals surface area contributed by atoms with Gasteiger partial charge in [0.2, 0.25) is 24.6 Å². The topological polar surface area (TPSA) is 138 Å². The summed E-state index contributed by atoms with van der Waals surface area (Å²) in [5, 5.41) is 9.54. The maximum atomic E-state index is 13.2. The van der Waals surface area contributed by atoms with E-state index in [9.17, 15) is 4.39 Å². The summed E-state index contributed by atoms with van der Waals surface area (Å²) in [5.74, 6) is 2.31. The van der Waals surface area contributed by atoms with Gasteiger partial charge in [-0.3, -0.25) is 0 Å². The van der Waals surface area contributed by atoms with Gasteiger partial charge in [-0.05, 0) is 35.4 Å². The Labute approximate surface area is 208 Å². The van der Waals surface area contributed by atoms with Crippen LogP contribution in [-0.4, -0.2) is 61.3 Å². The summed E-state index contributed by atoms with van der Waals surface area (Å²) in [6, 6.07) is 12.0. The molecule has 3 aromatic rings. The molecule has 0 aliphatic carbocycles. The Balaban J connectivity index is 1.35. The number of anilines is 3. The van der Waals surface area contributed by atoms with Crippen LogP contribution in [-0.2, 0) is 22.6 Å². The molecule has 0 radical (unpaired) electrons. The van der Waals surface area contributed by atoms with Gasteiger partial charge in [0.25, 0.3) is 0 Å². The first kappa shape index (κ1) is 25.4. The lowest BCUT2D eigenvalue weighted by molar-refractivity contribution is 0.0547. The summed E-state index contributed by atoms with van der Waals surface area (Å²) in [5.41, 5.74) is 7.27. The van der Waals surface area contributed by atoms with Crippen LogP contribution in [0.25, 0.3) is 0 Å². The van der Waals surface area contributed by atoms with Crippen LogP contribution in [0.5, 0.6) is 11.5 Å². The first-order chi connectivity index (χ1) is 17.7. The van der Waals surface area contributed by atoms with Crippen molar-refractivity contribution in [2.75, 3.05) is 62.3 Å². The third-order valence-corrected chi connectivity index (χ3v) is 5.05. The number of benzene rings is 2. The van der Waals surface area contributed by atoms with Crippen molar-refractivity contribution >= 4 is 17.8 Å². The maximum Gasteiger partial charge on any atom is 0.231 e. The summed E-state index contributed by atoms with van der Waals surface area (Å²) in [6.45, 7) is 4.06. The molecule has 192 valence electrons. The molecule has 0 fully saturated rings. The molecule has 0 saturated heterocycles. The third kappa shape index (κ3) is 7.90. The Morgan fingerprint density at radius 3 is 2.08 bits per heavy atom. The van der Waals surface area contributed by atoms with Crippen molar-refractivity contribution in [2.45, 2.75) is 13.1 Å². The van der Waals surface area contributed by atoms with Crippen LogP contribution in [0.15, 0.2) is 42.5 Å². The number of rotatable bonds is 15. The molecule has 0 unspecified atom stereocenters. The number of aromatic nitrogens is 3. The number of hydrogen-bond acceptors (Lipinski definition) is 11. The highest BCUT2D eigenvalue weighted by Gasteiger charge is 2.13. The molecule has 2 aromatic carbocycles. The van der Waals surface area contributed by atoms with Gasteiger partial charge in [-0.15, -0.1) is 0 Å². The molecule has 11 nitrogen and oxygen atoms in total. The lowest BCUT2D eigenvalue weighted by Gasteiger charge is -2.12. The highest BCUT2D eigenvalue weighted by Crippen LogP contribution is 2.32. The first-order valence-electron chi connectivity index (χ1n) is 11.7. The average Bonchev–Trinajstić information content (AvgIpc) is 3.37. The number of hydrogen-bond donors (Lipinski definition) is 4. The standard InChI is InChI=1S/C24H30FN7O4/c25-19-4-1-17(2-5-19)14-28-23-30-22(27-8-10-34-12-11-33-9-7-26)31-24(32-23)29-15-18-3-6-20-21(13-18)36-16-35-20/h1-6,13H,7-12,14-16,26H2,(H3,27,28,29,30,31,32). The smallest absolute Gasteiger partial charge is 0.231 e. The van der Waals surface area contributed by atoms with E-state index in [1.54, 1.807) is 12.1 Å². The Bertz CT molecular complexity index is 1100. The van der Waals surface area contributed by atoms with E-state index in [1.165, 1.54) is 12.1 Å². The highest BCUT2D eigenvalue weighted by molar-refractivity contribution is 5.46. The number of nitrogens with two attached hydrogens (primary N) is 1. The molecule has 1 aliphatic heterocycles. The minimum absolute atomic E-state index is 0.224. The molecule has 4 rings (SSSR count). The highest BCUT2D eigenvalue weighted by atomic mass is 19.1. The average molecular weight is 500 g/mol. The van der Waals surface area contributed by atoms with Crippen LogP contribution in [0.2, 0.25) is 0 Å². The fourth-order valence-electron chi connectivity index (χ4n) is 3.27. The molecule has 5 N–H and O–H groups in total. The summed E-state index contributed by atoms with van der Waals surface area (Å²) in [7, 11) is 0. The molecule has 0 bridgehead atoms. The molecular formula is C24H30FN7O4. The summed E-state index contributed by atoms with van der Waals surface area (Å²) in [6.07, 6.45) is 0. The van der Waals surface area contributed by atoms with Crippen molar-refractivity contribution < 1.29 is 23.3 Å². The molecule has 1 aliphatic rings. The van der Waals surface area contributed by atoms with Crippen molar-refractivity contribution in [3.8, 4) is 11.5 Å². The van der Waals surface area contributed by atoms with E-state index in [-0.39, 0.29) is 12.6 Å². The van der Waals surface area contributed by atoms with Gasteiger partial charge in [-0.1, -0.05) is 18.2 Å². The summed E-state index contributed by atoms with van der Waals surface area (Å²) >= 11 is 0. The van der Waals surface area contributed by atoms with Crippen LogP contribution in [0.4, 0.5) is 22.2 Å². The second-order valence-electron chi connectivity index (χ2n) is 7.77. The molecule has 2 heterocycles. The number of halogens is 1. The molecule has 1 aromatic heterocycles. The second kappa shape index (κ2) is 13.4. The van der Waals surface area contributed by atoms with Gasteiger partial charge < -0.3 is 40.6 Å². The zero-order valence-electron chi connectivity index (χ0n) is 19.8. The first-order valence-corrected chi connectivity index (χ1v) is 11.7. The summed E-state index contributed by atoms with van der Waals surface area (Å²) < 4.78 is 34.8.